The summed E-state index contributed by atoms with van der Waals surface area (Å²) in [7, 11) is 0. The number of hydrogen-bond donors (Lipinski definition) is 3. The van der Waals surface area contributed by atoms with Crippen molar-refractivity contribution in [2.24, 2.45) is 11.7 Å². The lowest BCUT2D eigenvalue weighted by atomic mass is 10.1. The molecule has 1 unspecified atom stereocenters. The second kappa shape index (κ2) is 12.1. The highest BCUT2D eigenvalue weighted by Gasteiger charge is 2.24. The Labute approximate surface area is 215 Å². The summed E-state index contributed by atoms with van der Waals surface area (Å²) >= 11 is 0. The van der Waals surface area contributed by atoms with Crippen molar-refractivity contribution < 1.29 is 14.3 Å². The molecule has 0 saturated carbocycles. The van der Waals surface area contributed by atoms with E-state index < -0.39 is 0 Å². The molecule has 2 aromatic heterocycles. The number of fused-ring (bicyclic) bond motifs is 1. The predicted octanol–water partition coefficient (Wildman–Crippen LogP) is 2.76. The van der Waals surface area contributed by atoms with Crippen LogP contribution in [0.4, 0.5) is 0 Å². The number of carbonyl (C=O) groups excluding carboxylic acids is 1. The Morgan fingerprint density at radius 1 is 1.16 bits per heavy atom. The molecule has 194 valence electrons. The Bertz CT molecular complexity index is 1290. The van der Waals surface area contributed by atoms with E-state index in [1.807, 2.05) is 48.5 Å². The molecule has 4 aromatic rings. The molecule has 2 fully saturated rings. The Morgan fingerprint density at radius 3 is 2.78 bits per heavy atom. The van der Waals surface area contributed by atoms with Gasteiger partial charge in [-0.2, -0.15) is 5.10 Å². The minimum absolute atomic E-state index is 0.176. The minimum Gasteiger partial charge on any atom is -0.381 e. The molecular weight excluding hydrogens is 470 g/mol. The first-order chi connectivity index (χ1) is 18.2. The van der Waals surface area contributed by atoms with Crippen molar-refractivity contribution in [3.05, 3.63) is 66.0 Å². The lowest BCUT2D eigenvalue weighted by Crippen LogP contribution is -2.31. The van der Waals surface area contributed by atoms with Gasteiger partial charge in [0, 0.05) is 43.2 Å². The highest BCUT2D eigenvalue weighted by atomic mass is 16.5. The number of amides is 1. The number of benzene rings is 2. The van der Waals surface area contributed by atoms with Crippen LogP contribution in [-0.4, -0.2) is 70.1 Å². The maximum Gasteiger partial charge on any atom is 0.271 e. The molecule has 0 spiro atoms. The molecule has 4 N–H and O–H groups in total. The third-order valence-electron chi connectivity index (χ3n) is 6.70. The van der Waals surface area contributed by atoms with Gasteiger partial charge in [0.15, 0.2) is 5.69 Å². The number of aromatic amines is 1. The van der Waals surface area contributed by atoms with Crippen LogP contribution in [0, 0.1) is 5.92 Å². The highest BCUT2D eigenvalue weighted by Crippen LogP contribution is 2.25. The van der Waals surface area contributed by atoms with Gasteiger partial charge in [-0.3, -0.25) is 9.89 Å². The van der Waals surface area contributed by atoms with E-state index in [9.17, 15) is 4.79 Å². The topological polar surface area (TPSA) is 133 Å². The van der Waals surface area contributed by atoms with Crippen LogP contribution in [0.3, 0.4) is 0 Å². The third-order valence-corrected chi connectivity index (χ3v) is 6.70. The molecule has 2 aromatic carbocycles. The molecule has 2 aliphatic heterocycles. The molecule has 0 aliphatic carbocycles. The Kier molecular flexibility index (Phi) is 8.19. The Morgan fingerprint density at radius 2 is 2.05 bits per heavy atom. The summed E-state index contributed by atoms with van der Waals surface area (Å²) in [5, 5.41) is 19.7. The van der Waals surface area contributed by atoms with Crippen LogP contribution in [0.25, 0.3) is 22.2 Å². The standard InChI is InChI=1S/C22H22N6O2.C5H11NO/c29-22(23-11-16-8-9-30-14-16)21-20(17-6-7-19-18(10-17)12-24-25-19)26-27-28(21)13-15-4-2-1-3-5-15;6-4-5-2-1-3-7-5/h1-7,10,12,16H,8-9,11,13-14H2,(H,23,29)(H,24,25);5H,1-4,6H2/t;5-/m.0/s1. The minimum atomic E-state index is -0.176. The molecular formula is C27H33N7O3. The van der Waals surface area contributed by atoms with Gasteiger partial charge in [-0.05, 0) is 37.0 Å². The summed E-state index contributed by atoms with van der Waals surface area (Å²) in [5.41, 5.74) is 9.15. The van der Waals surface area contributed by atoms with Crippen molar-refractivity contribution in [1.82, 2.24) is 30.5 Å². The van der Waals surface area contributed by atoms with Crippen molar-refractivity contribution in [3.8, 4) is 11.3 Å². The molecule has 2 atom stereocenters. The van der Waals surface area contributed by atoms with Gasteiger partial charge < -0.3 is 20.5 Å². The number of nitrogens with zero attached hydrogens (tertiary/aromatic N) is 4. The van der Waals surface area contributed by atoms with Crippen LogP contribution in [-0.2, 0) is 16.0 Å². The molecule has 4 heterocycles. The third kappa shape index (κ3) is 6.22. The highest BCUT2D eigenvalue weighted by molar-refractivity contribution is 5.99. The van der Waals surface area contributed by atoms with Crippen molar-refractivity contribution in [2.75, 3.05) is 32.9 Å². The maximum absolute atomic E-state index is 13.2. The molecule has 10 nitrogen and oxygen atoms in total. The molecule has 2 aliphatic rings. The van der Waals surface area contributed by atoms with E-state index in [4.69, 9.17) is 15.2 Å². The van der Waals surface area contributed by atoms with Crippen LogP contribution in [0.2, 0.25) is 0 Å². The normalized spacial score (nSPS) is 19.1. The fourth-order valence-corrected chi connectivity index (χ4v) is 4.58. The molecule has 1 amide bonds. The number of rotatable bonds is 7. The van der Waals surface area contributed by atoms with E-state index in [1.165, 1.54) is 6.42 Å². The van der Waals surface area contributed by atoms with E-state index in [0.29, 0.717) is 49.7 Å². The van der Waals surface area contributed by atoms with Gasteiger partial charge in [0.05, 0.1) is 31.0 Å². The molecule has 2 saturated heterocycles. The zero-order valence-corrected chi connectivity index (χ0v) is 20.8. The number of hydrogen-bond acceptors (Lipinski definition) is 7. The number of nitrogens with one attached hydrogen (secondary N) is 2. The van der Waals surface area contributed by atoms with E-state index in [1.54, 1.807) is 10.9 Å². The first-order valence-electron chi connectivity index (χ1n) is 12.8. The molecule has 37 heavy (non-hydrogen) atoms. The molecule has 0 bridgehead atoms. The average molecular weight is 504 g/mol. The predicted molar refractivity (Wildman–Crippen MR) is 140 cm³/mol. The van der Waals surface area contributed by atoms with Crippen LogP contribution in [0.5, 0.6) is 0 Å². The van der Waals surface area contributed by atoms with Gasteiger partial charge in [0.1, 0.15) is 5.69 Å². The fourth-order valence-electron chi connectivity index (χ4n) is 4.58. The maximum atomic E-state index is 13.2. The monoisotopic (exact) mass is 503 g/mol. The number of H-pyrrole nitrogens is 1. The quantitative estimate of drug-likeness (QED) is 0.353. The summed E-state index contributed by atoms with van der Waals surface area (Å²) in [5.74, 6) is 0.170. The molecule has 0 radical (unpaired) electrons. The molecule has 10 heteroatoms. The first-order valence-corrected chi connectivity index (χ1v) is 12.8. The van der Waals surface area contributed by atoms with Crippen LogP contribution >= 0.6 is 0 Å². The lowest BCUT2D eigenvalue weighted by molar-refractivity contribution is 0.0935. The largest absolute Gasteiger partial charge is 0.381 e. The van der Waals surface area contributed by atoms with E-state index in [0.717, 1.165) is 48.1 Å². The second-order valence-electron chi connectivity index (χ2n) is 9.41. The number of ether oxygens (including phenoxy) is 2. The van der Waals surface area contributed by atoms with Crippen molar-refractivity contribution in [2.45, 2.75) is 31.9 Å². The zero-order chi connectivity index (χ0) is 25.5. The van der Waals surface area contributed by atoms with Crippen LogP contribution < -0.4 is 11.1 Å². The molecule has 6 rings (SSSR count). The van der Waals surface area contributed by atoms with Crippen LogP contribution in [0.15, 0.2) is 54.7 Å². The van der Waals surface area contributed by atoms with Gasteiger partial charge in [0.2, 0.25) is 0 Å². The van der Waals surface area contributed by atoms with Crippen molar-refractivity contribution in [1.29, 1.82) is 0 Å². The van der Waals surface area contributed by atoms with Crippen molar-refractivity contribution in [3.63, 3.8) is 0 Å². The summed E-state index contributed by atoms with van der Waals surface area (Å²) in [6, 6.07) is 15.8. The van der Waals surface area contributed by atoms with Gasteiger partial charge in [0.25, 0.3) is 5.91 Å². The Hall–Kier alpha value is -3.60. The zero-order valence-electron chi connectivity index (χ0n) is 20.8. The number of nitrogens with two attached hydrogens (primary N) is 1. The van der Waals surface area contributed by atoms with Crippen molar-refractivity contribution >= 4 is 16.8 Å². The van der Waals surface area contributed by atoms with E-state index in [-0.39, 0.29) is 5.91 Å². The summed E-state index contributed by atoms with van der Waals surface area (Å²) in [6.45, 7) is 4.10. The second-order valence-corrected chi connectivity index (χ2v) is 9.41. The summed E-state index contributed by atoms with van der Waals surface area (Å²) in [6.07, 6.45) is 5.46. The van der Waals surface area contributed by atoms with E-state index >= 15 is 0 Å². The number of aromatic nitrogens is 5. The fraction of sp³-hybridized carbons (Fsp3) is 0.407. The van der Waals surface area contributed by atoms with Gasteiger partial charge >= 0.3 is 0 Å². The Balaban J connectivity index is 0.000000348. The van der Waals surface area contributed by atoms with Gasteiger partial charge in [-0.25, -0.2) is 4.68 Å². The average Bonchev–Trinajstić information content (AvgIpc) is 3.75. The van der Waals surface area contributed by atoms with Crippen LogP contribution in [0.1, 0.15) is 35.3 Å². The number of carbonyl (C=O) groups is 1. The first kappa shape index (κ1) is 25.1. The van der Waals surface area contributed by atoms with Gasteiger partial charge in [-0.1, -0.05) is 41.6 Å². The van der Waals surface area contributed by atoms with E-state index in [2.05, 4.69) is 25.8 Å². The smallest absolute Gasteiger partial charge is 0.271 e. The lowest BCUT2D eigenvalue weighted by Gasteiger charge is -2.12. The van der Waals surface area contributed by atoms with Gasteiger partial charge in [-0.15, -0.1) is 5.10 Å². The SMILES string of the molecule is NC[C@@H]1CCCO1.O=C(NCC1CCOC1)c1c(-c2ccc3[nH]ncc3c2)nnn1Cc1ccccc1. The summed E-state index contributed by atoms with van der Waals surface area (Å²) in [4.78, 5) is 13.2. The summed E-state index contributed by atoms with van der Waals surface area (Å²) < 4.78 is 12.3.